The van der Waals surface area contributed by atoms with Crippen molar-refractivity contribution in [2.45, 2.75) is 37.0 Å². The molecule has 0 aromatic carbocycles. The highest BCUT2D eigenvalue weighted by Crippen LogP contribution is 2.27. The normalized spacial score (nSPS) is 46.1. The van der Waals surface area contributed by atoms with Gasteiger partial charge in [-0.3, -0.25) is 0 Å². The lowest BCUT2D eigenvalue weighted by atomic mass is 10.1. The van der Waals surface area contributed by atoms with Gasteiger partial charge < -0.3 is 34.3 Å². The lowest BCUT2D eigenvalue weighted by Gasteiger charge is -2.19. The van der Waals surface area contributed by atoms with Gasteiger partial charge in [0.05, 0.1) is 13.7 Å². The van der Waals surface area contributed by atoms with E-state index in [1.165, 1.54) is 7.11 Å². The van der Waals surface area contributed by atoms with Gasteiger partial charge in [0, 0.05) is 0 Å². The number of carbonyl (C=O) groups excluding carboxylic acids is 1. The Morgan fingerprint density at radius 2 is 1.94 bits per heavy atom. The molecule has 0 radical (unpaired) electrons. The van der Waals surface area contributed by atoms with Crippen molar-refractivity contribution in [1.29, 1.82) is 0 Å². The van der Waals surface area contributed by atoms with Crippen LogP contribution in [0.4, 0.5) is 0 Å². The van der Waals surface area contributed by atoms with Gasteiger partial charge in [0.2, 0.25) is 0 Å². The highest BCUT2D eigenvalue weighted by molar-refractivity contribution is 5.73. The fraction of sp³-hybridized carbons (Fsp3) is 0.889. The molecule has 0 bridgehead atoms. The molecule has 8 nitrogen and oxygen atoms in total. The van der Waals surface area contributed by atoms with Crippen LogP contribution in [0.5, 0.6) is 0 Å². The third kappa shape index (κ3) is 2.28. The van der Waals surface area contributed by atoms with Crippen LogP contribution in [0.1, 0.15) is 0 Å². The average Bonchev–Trinajstić information content (AvgIpc) is 2.89. The Hall–Kier alpha value is -0.770. The lowest BCUT2D eigenvalue weighted by molar-refractivity contribution is -0.179. The van der Waals surface area contributed by atoms with Crippen molar-refractivity contribution < 1.29 is 39.1 Å². The molecule has 6 atom stereocenters. The van der Waals surface area contributed by atoms with Gasteiger partial charge in [0.1, 0.15) is 24.4 Å². The molecule has 0 aromatic heterocycles. The predicted octanol–water partition coefficient (Wildman–Crippen LogP) is -2.66. The van der Waals surface area contributed by atoms with Crippen LogP contribution < -0.4 is 0 Å². The van der Waals surface area contributed by atoms with Crippen LogP contribution in [0.25, 0.3) is 0 Å². The van der Waals surface area contributed by atoms with Crippen molar-refractivity contribution in [3.63, 3.8) is 0 Å². The molecule has 0 saturated carbocycles. The third-order valence-electron chi connectivity index (χ3n) is 2.75. The van der Waals surface area contributed by atoms with Crippen LogP contribution in [0.15, 0.2) is 0 Å². The maximum absolute atomic E-state index is 11.1. The van der Waals surface area contributed by atoms with Gasteiger partial charge in [-0.05, 0) is 0 Å². The van der Waals surface area contributed by atoms with Gasteiger partial charge in [-0.1, -0.05) is 0 Å². The first-order valence-corrected chi connectivity index (χ1v) is 5.09. The van der Waals surface area contributed by atoms with E-state index in [0.717, 1.165) is 0 Å². The van der Waals surface area contributed by atoms with Crippen LogP contribution in [0.2, 0.25) is 0 Å². The van der Waals surface area contributed by atoms with E-state index in [4.69, 9.17) is 14.2 Å². The maximum atomic E-state index is 11.1. The summed E-state index contributed by atoms with van der Waals surface area (Å²) in [5.41, 5.74) is 0. The molecule has 2 saturated heterocycles. The second kappa shape index (κ2) is 4.84. The van der Waals surface area contributed by atoms with Gasteiger partial charge in [0.25, 0.3) is 6.29 Å². The molecule has 2 aliphatic heterocycles. The number of aliphatic hydroxyl groups is 3. The van der Waals surface area contributed by atoms with Crippen LogP contribution >= 0.6 is 0 Å². The molecule has 2 aliphatic rings. The molecule has 3 N–H and O–H groups in total. The van der Waals surface area contributed by atoms with Gasteiger partial charge in [-0.2, -0.15) is 0 Å². The summed E-state index contributed by atoms with van der Waals surface area (Å²) in [5, 5.41) is 28.1. The second-order valence-corrected chi connectivity index (χ2v) is 3.84. The van der Waals surface area contributed by atoms with Crippen LogP contribution in [-0.2, 0) is 23.7 Å². The monoisotopic (exact) mass is 250 g/mol. The van der Waals surface area contributed by atoms with Crippen molar-refractivity contribution in [3.05, 3.63) is 0 Å². The van der Waals surface area contributed by atoms with E-state index in [9.17, 15) is 20.1 Å². The number of rotatable bonds is 2. The zero-order valence-electron chi connectivity index (χ0n) is 9.05. The van der Waals surface area contributed by atoms with Crippen LogP contribution in [0, 0.1) is 0 Å². The first-order chi connectivity index (χ1) is 8.04. The highest BCUT2D eigenvalue weighted by atomic mass is 16.8. The summed E-state index contributed by atoms with van der Waals surface area (Å²) in [7, 11) is 1.19. The summed E-state index contributed by atoms with van der Waals surface area (Å²) < 4.78 is 19.5. The van der Waals surface area contributed by atoms with E-state index < -0.39 is 43.0 Å². The van der Waals surface area contributed by atoms with Crippen molar-refractivity contribution >= 4 is 5.97 Å². The minimum atomic E-state index is -1.48. The van der Waals surface area contributed by atoms with Gasteiger partial charge in [0.15, 0.2) is 6.29 Å². The largest absolute Gasteiger partial charge is 0.465 e. The molecule has 0 spiro atoms. The number of esters is 1. The number of ether oxygens (including phenoxy) is 4. The second-order valence-electron chi connectivity index (χ2n) is 3.84. The Morgan fingerprint density at radius 1 is 1.24 bits per heavy atom. The SMILES string of the molecule is COC(=O)C1OCC(C2OC(O)C(O)C2O)O1. The smallest absolute Gasteiger partial charge is 0.363 e. The van der Waals surface area contributed by atoms with Gasteiger partial charge in [-0.25, -0.2) is 4.79 Å². The number of hydrogen-bond acceptors (Lipinski definition) is 8. The molecule has 0 aromatic rings. The molecule has 17 heavy (non-hydrogen) atoms. The molecule has 2 heterocycles. The Kier molecular flexibility index (Phi) is 3.61. The molecule has 6 unspecified atom stereocenters. The molecular weight excluding hydrogens is 236 g/mol. The third-order valence-corrected chi connectivity index (χ3v) is 2.75. The molecule has 2 fully saturated rings. The first kappa shape index (κ1) is 12.7. The fourth-order valence-corrected chi connectivity index (χ4v) is 1.80. The first-order valence-electron chi connectivity index (χ1n) is 5.09. The minimum Gasteiger partial charge on any atom is -0.465 e. The quantitative estimate of drug-likeness (QED) is 0.455. The number of aliphatic hydroxyl groups excluding tert-OH is 3. The van der Waals surface area contributed by atoms with Crippen molar-refractivity contribution in [1.82, 2.24) is 0 Å². The number of carbonyl (C=O) groups is 1. The van der Waals surface area contributed by atoms with E-state index >= 15 is 0 Å². The van der Waals surface area contributed by atoms with Gasteiger partial charge in [-0.15, -0.1) is 0 Å². The Bertz CT molecular complexity index is 295. The summed E-state index contributed by atoms with van der Waals surface area (Å²) in [5.74, 6) is -0.693. The van der Waals surface area contributed by atoms with Gasteiger partial charge >= 0.3 is 5.97 Å². The van der Waals surface area contributed by atoms with E-state index in [-0.39, 0.29) is 6.61 Å². The number of methoxy groups -OCH3 is 1. The molecule has 2 rings (SSSR count). The predicted molar refractivity (Wildman–Crippen MR) is 49.5 cm³/mol. The maximum Gasteiger partial charge on any atom is 0.363 e. The van der Waals surface area contributed by atoms with E-state index in [1.807, 2.05) is 0 Å². The fourth-order valence-electron chi connectivity index (χ4n) is 1.80. The van der Waals surface area contributed by atoms with Crippen LogP contribution in [-0.4, -0.2) is 72.0 Å². The Morgan fingerprint density at radius 3 is 2.47 bits per heavy atom. The Balaban J connectivity index is 1.95. The van der Waals surface area contributed by atoms with Crippen molar-refractivity contribution in [2.75, 3.05) is 13.7 Å². The average molecular weight is 250 g/mol. The molecule has 0 amide bonds. The van der Waals surface area contributed by atoms with E-state index in [2.05, 4.69) is 4.74 Å². The molecule has 0 aliphatic carbocycles. The summed E-state index contributed by atoms with van der Waals surface area (Å²) in [6, 6.07) is 0. The summed E-state index contributed by atoms with van der Waals surface area (Å²) in [6.07, 6.45) is -7.04. The Labute approximate surface area is 96.6 Å². The lowest BCUT2D eigenvalue weighted by Crippen LogP contribution is -2.40. The highest BCUT2D eigenvalue weighted by Gasteiger charge is 2.49. The van der Waals surface area contributed by atoms with E-state index in [1.54, 1.807) is 0 Å². The van der Waals surface area contributed by atoms with E-state index in [0.29, 0.717) is 0 Å². The van der Waals surface area contributed by atoms with Crippen LogP contribution in [0.3, 0.4) is 0 Å². The molecule has 8 heteroatoms. The summed E-state index contributed by atoms with van der Waals surface area (Å²) in [4.78, 5) is 11.1. The zero-order valence-corrected chi connectivity index (χ0v) is 9.05. The standard InChI is InChI=1S/C9H14O8/c1-14-8(13)9-15-2-3(16-9)6-4(10)5(11)7(12)17-6/h3-7,9-12H,2H2,1H3. The summed E-state index contributed by atoms with van der Waals surface area (Å²) in [6.45, 7) is 0.000926. The minimum absolute atomic E-state index is 0.000926. The van der Waals surface area contributed by atoms with Crippen molar-refractivity contribution in [2.24, 2.45) is 0 Å². The topological polar surface area (TPSA) is 115 Å². The zero-order chi connectivity index (χ0) is 12.6. The summed E-state index contributed by atoms with van der Waals surface area (Å²) >= 11 is 0. The van der Waals surface area contributed by atoms with Crippen molar-refractivity contribution in [3.8, 4) is 0 Å². The molecular formula is C9H14O8. The molecule has 98 valence electrons. The number of hydrogen-bond donors (Lipinski definition) is 3.